The van der Waals surface area contributed by atoms with Gasteiger partial charge in [0.15, 0.2) is 11.5 Å². The molecule has 1 aromatic heterocycles. The van der Waals surface area contributed by atoms with Crippen LogP contribution in [0.3, 0.4) is 0 Å². The lowest BCUT2D eigenvalue weighted by molar-refractivity contribution is 0.0947. The molecule has 0 fully saturated rings. The van der Waals surface area contributed by atoms with Gasteiger partial charge >= 0.3 is 0 Å². The largest absolute Gasteiger partial charge is 0.497 e. The number of nitrogens with zero attached hydrogens (tertiary/aromatic N) is 1. The molecule has 0 saturated heterocycles. The Bertz CT molecular complexity index is 708. The van der Waals surface area contributed by atoms with E-state index in [1.54, 1.807) is 37.4 Å². The van der Waals surface area contributed by atoms with Gasteiger partial charge in [-0.2, -0.15) is 0 Å². The first-order valence-electron chi connectivity index (χ1n) is 8.09. The van der Waals surface area contributed by atoms with Gasteiger partial charge in [0.25, 0.3) is 5.91 Å². The number of unbranched alkanes of at least 4 members (excludes halogenated alkanes) is 3. The molecule has 0 atom stereocenters. The maximum atomic E-state index is 12.1. The van der Waals surface area contributed by atoms with E-state index in [0.717, 1.165) is 12.8 Å². The van der Waals surface area contributed by atoms with Gasteiger partial charge in [-0.15, -0.1) is 0 Å². The molecule has 1 aromatic carbocycles. The van der Waals surface area contributed by atoms with Crippen molar-refractivity contribution in [1.82, 2.24) is 10.5 Å². The van der Waals surface area contributed by atoms with E-state index in [9.17, 15) is 4.79 Å². The number of benzene rings is 1. The summed E-state index contributed by atoms with van der Waals surface area (Å²) in [7, 11) is 1.59. The molecule has 0 aliphatic heterocycles. The molecular formula is C19H22N2O3. The average Bonchev–Trinajstić information content (AvgIpc) is 3.07. The number of aromatic nitrogens is 1. The fourth-order valence-corrected chi connectivity index (χ4v) is 2.08. The Hall–Kier alpha value is -2.74. The Morgan fingerprint density at radius 1 is 1.29 bits per heavy atom. The van der Waals surface area contributed by atoms with Crippen molar-refractivity contribution in [2.24, 2.45) is 0 Å². The van der Waals surface area contributed by atoms with Gasteiger partial charge in [0, 0.05) is 18.1 Å². The van der Waals surface area contributed by atoms with Crippen LogP contribution in [0.1, 0.15) is 54.4 Å². The smallest absolute Gasteiger partial charge is 0.251 e. The summed E-state index contributed by atoms with van der Waals surface area (Å²) in [6.45, 7) is 2.44. The van der Waals surface area contributed by atoms with Crippen molar-refractivity contribution in [3.8, 4) is 17.6 Å². The van der Waals surface area contributed by atoms with Crippen molar-refractivity contribution in [3.05, 3.63) is 47.3 Å². The molecule has 5 nitrogen and oxygen atoms in total. The summed E-state index contributed by atoms with van der Waals surface area (Å²) in [5, 5.41) is 6.68. The molecule has 126 valence electrons. The van der Waals surface area contributed by atoms with Gasteiger partial charge in [-0.05, 0) is 36.6 Å². The minimum atomic E-state index is -0.179. The molecule has 2 aromatic rings. The summed E-state index contributed by atoms with van der Waals surface area (Å²) in [5.41, 5.74) is 1.16. The lowest BCUT2D eigenvalue weighted by atomic mass is 10.2. The normalized spacial score (nSPS) is 9.92. The minimum absolute atomic E-state index is 0.179. The van der Waals surface area contributed by atoms with Crippen molar-refractivity contribution in [2.45, 2.75) is 39.2 Å². The zero-order valence-corrected chi connectivity index (χ0v) is 14.1. The molecule has 0 aliphatic carbocycles. The lowest BCUT2D eigenvalue weighted by Gasteiger charge is -2.04. The van der Waals surface area contributed by atoms with Crippen LogP contribution in [0.5, 0.6) is 5.75 Å². The molecule has 0 saturated carbocycles. The summed E-state index contributed by atoms with van der Waals surface area (Å²) in [4.78, 5) is 12.1. The number of rotatable bonds is 7. The summed E-state index contributed by atoms with van der Waals surface area (Å²) in [5.74, 6) is 7.17. The molecule has 1 amide bonds. The number of methoxy groups -OCH3 is 1. The van der Waals surface area contributed by atoms with Crippen LogP contribution in [-0.2, 0) is 6.54 Å². The molecule has 0 aliphatic rings. The van der Waals surface area contributed by atoms with Crippen LogP contribution in [0, 0.1) is 11.8 Å². The zero-order valence-electron chi connectivity index (χ0n) is 14.1. The van der Waals surface area contributed by atoms with Crippen molar-refractivity contribution in [2.75, 3.05) is 7.11 Å². The first-order valence-corrected chi connectivity index (χ1v) is 8.09. The minimum Gasteiger partial charge on any atom is -0.497 e. The van der Waals surface area contributed by atoms with Crippen LogP contribution in [0.15, 0.2) is 34.9 Å². The third-order valence-corrected chi connectivity index (χ3v) is 3.46. The fraction of sp³-hybridized carbons (Fsp3) is 0.368. The summed E-state index contributed by atoms with van der Waals surface area (Å²) in [6, 6.07) is 8.66. The molecule has 0 spiro atoms. The maximum Gasteiger partial charge on any atom is 0.251 e. The van der Waals surface area contributed by atoms with Gasteiger partial charge in [0.2, 0.25) is 0 Å². The van der Waals surface area contributed by atoms with Crippen LogP contribution >= 0.6 is 0 Å². The number of amides is 1. The van der Waals surface area contributed by atoms with E-state index < -0.39 is 0 Å². The highest BCUT2D eigenvalue weighted by molar-refractivity contribution is 5.94. The van der Waals surface area contributed by atoms with E-state index in [4.69, 9.17) is 9.26 Å². The second kappa shape index (κ2) is 9.41. The van der Waals surface area contributed by atoms with Crippen LogP contribution in [0.2, 0.25) is 0 Å². The first kappa shape index (κ1) is 17.6. The van der Waals surface area contributed by atoms with Gasteiger partial charge in [-0.25, -0.2) is 0 Å². The molecule has 2 rings (SSSR count). The standard InChI is InChI=1S/C19H22N2O3/c1-3-4-5-6-7-8-16-13-18(24-21-16)14-20-19(22)15-9-11-17(23-2)12-10-15/h9-13H,3-6,14H2,1-2H3,(H,20,22). The molecular weight excluding hydrogens is 304 g/mol. The second-order valence-corrected chi connectivity index (χ2v) is 5.35. The van der Waals surface area contributed by atoms with Crippen LogP contribution in [-0.4, -0.2) is 18.2 Å². The molecule has 1 heterocycles. The van der Waals surface area contributed by atoms with E-state index >= 15 is 0 Å². The van der Waals surface area contributed by atoms with Crippen molar-refractivity contribution >= 4 is 5.91 Å². The van der Waals surface area contributed by atoms with E-state index in [1.165, 1.54) is 12.8 Å². The van der Waals surface area contributed by atoms with E-state index in [-0.39, 0.29) is 12.5 Å². The average molecular weight is 326 g/mol. The Morgan fingerprint density at radius 2 is 2.08 bits per heavy atom. The third kappa shape index (κ3) is 5.47. The summed E-state index contributed by atoms with van der Waals surface area (Å²) >= 11 is 0. The third-order valence-electron chi connectivity index (χ3n) is 3.46. The highest BCUT2D eigenvalue weighted by Crippen LogP contribution is 2.11. The number of carbonyl (C=O) groups excluding carboxylic acids is 1. The van der Waals surface area contributed by atoms with Gasteiger partial charge in [-0.1, -0.05) is 30.8 Å². The molecule has 0 radical (unpaired) electrons. The quantitative estimate of drug-likeness (QED) is 0.624. The van der Waals surface area contributed by atoms with Crippen LogP contribution < -0.4 is 10.1 Å². The predicted molar refractivity (Wildman–Crippen MR) is 91.7 cm³/mol. The molecule has 1 N–H and O–H groups in total. The Balaban J connectivity index is 1.82. The van der Waals surface area contributed by atoms with Gasteiger partial charge in [0.1, 0.15) is 5.75 Å². The van der Waals surface area contributed by atoms with Crippen molar-refractivity contribution in [3.63, 3.8) is 0 Å². The monoisotopic (exact) mass is 326 g/mol. The van der Waals surface area contributed by atoms with Gasteiger partial charge < -0.3 is 14.6 Å². The Kier molecular flexibility index (Phi) is 6.91. The molecule has 5 heteroatoms. The van der Waals surface area contributed by atoms with Gasteiger partial charge in [0.05, 0.1) is 13.7 Å². The van der Waals surface area contributed by atoms with Crippen molar-refractivity contribution < 1.29 is 14.1 Å². The highest BCUT2D eigenvalue weighted by atomic mass is 16.5. The Labute approximate surface area is 142 Å². The number of ether oxygens (including phenoxy) is 1. The van der Waals surface area contributed by atoms with E-state index in [2.05, 4.69) is 29.2 Å². The summed E-state index contributed by atoms with van der Waals surface area (Å²) < 4.78 is 10.2. The van der Waals surface area contributed by atoms with Crippen LogP contribution in [0.4, 0.5) is 0 Å². The number of carbonyl (C=O) groups is 1. The Morgan fingerprint density at radius 3 is 2.79 bits per heavy atom. The van der Waals surface area contributed by atoms with E-state index in [1.807, 2.05) is 0 Å². The highest BCUT2D eigenvalue weighted by Gasteiger charge is 2.08. The maximum absolute atomic E-state index is 12.1. The predicted octanol–water partition coefficient (Wildman–Crippen LogP) is 3.55. The fourth-order valence-electron chi connectivity index (χ4n) is 2.08. The summed E-state index contributed by atoms with van der Waals surface area (Å²) in [6.07, 6.45) is 4.34. The van der Waals surface area contributed by atoms with Crippen LogP contribution in [0.25, 0.3) is 0 Å². The van der Waals surface area contributed by atoms with Gasteiger partial charge in [-0.3, -0.25) is 4.79 Å². The number of nitrogens with one attached hydrogen (secondary N) is 1. The SMILES string of the molecule is CCCCCC#Cc1cc(CNC(=O)c2ccc(OC)cc2)on1. The number of hydrogen-bond donors (Lipinski definition) is 1. The first-order chi connectivity index (χ1) is 11.7. The van der Waals surface area contributed by atoms with Crippen molar-refractivity contribution in [1.29, 1.82) is 0 Å². The van der Waals surface area contributed by atoms with E-state index in [0.29, 0.717) is 22.8 Å². The topological polar surface area (TPSA) is 64.4 Å². The molecule has 0 bridgehead atoms. The second-order valence-electron chi connectivity index (χ2n) is 5.35. The lowest BCUT2D eigenvalue weighted by Crippen LogP contribution is -2.22. The zero-order chi connectivity index (χ0) is 17.2. The molecule has 24 heavy (non-hydrogen) atoms. The number of hydrogen-bond acceptors (Lipinski definition) is 4. The molecule has 0 unspecified atom stereocenters.